The number of unbranched alkanes of at least 4 members (excludes halogenated alkanes) is 20. The van der Waals surface area contributed by atoms with Gasteiger partial charge in [0.05, 0.1) is 39.5 Å². The molecule has 0 saturated carbocycles. The lowest BCUT2D eigenvalue weighted by molar-refractivity contribution is 0.281. The largest absolute Gasteiger partial charge is 0.507 e. The first kappa shape index (κ1) is 65.1. The number of aliphatic imine (C=N–C) groups is 2. The minimum Gasteiger partial charge on any atom is -0.507 e. The number of phenolic OH excluding ortho intramolecular Hbond substituents is 2. The summed E-state index contributed by atoms with van der Waals surface area (Å²) in [6, 6.07) is 22.7. The van der Waals surface area contributed by atoms with Gasteiger partial charge in [-0.1, -0.05) is 156 Å². The average molecular weight is 1080 g/mol. The molecule has 0 aromatic heterocycles. The fourth-order valence-corrected chi connectivity index (χ4v) is 8.87. The van der Waals surface area contributed by atoms with E-state index in [4.69, 9.17) is 28.4 Å². The molecule has 0 aliphatic carbocycles. The zero-order valence-electron chi connectivity index (χ0n) is 48.8. The van der Waals surface area contributed by atoms with Crippen LogP contribution in [0.5, 0.6) is 46.0 Å². The minimum atomic E-state index is 0.118. The van der Waals surface area contributed by atoms with Crippen molar-refractivity contribution in [1.82, 2.24) is 10.6 Å². The Morgan fingerprint density at radius 1 is 0.346 bits per heavy atom. The zero-order chi connectivity index (χ0) is 55.4. The van der Waals surface area contributed by atoms with Gasteiger partial charge in [0.2, 0.25) is 0 Å². The lowest BCUT2D eigenvalue weighted by Crippen LogP contribution is -2.30. The average Bonchev–Trinajstić information content (AvgIpc) is 3.45. The van der Waals surface area contributed by atoms with Gasteiger partial charge in [-0.15, -0.1) is 0 Å². The Kier molecular flexibility index (Phi) is 36.2. The Morgan fingerprint density at radius 3 is 0.962 bits per heavy atom. The maximum absolute atomic E-state index is 10.8. The predicted molar refractivity (Wildman–Crippen MR) is 324 cm³/mol. The molecular weight excluding hydrogens is 977 g/mol. The van der Waals surface area contributed by atoms with E-state index in [1.54, 1.807) is 24.6 Å². The normalized spacial score (nSPS) is 11.5. The van der Waals surface area contributed by atoms with Crippen molar-refractivity contribution in [2.24, 2.45) is 9.98 Å². The van der Waals surface area contributed by atoms with Gasteiger partial charge in [-0.3, -0.25) is 9.98 Å². The first-order chi connectivity index (χ1) is 38.4. The molecule has 4 aromatic carbocycles. The Balaban J connectivity index is 1.12. The predicted octanol–water partition coefficient (Wildman–Crippen LogP) is 15.9. The van der Waals surface area contributed by atoms with Crippen LogP contribution in [0.4, 0.5) is 0 Å². The van der Waals surface area contributed by atoms with Gasteiger partial charge in [-0.2, -0.15) is 0 Å². The fraction of sp³-hybridized carbons (Fsp3) is 0.606. The molecule has 78 heavy (non-hydrogen) atoms. The van der Waals surface area contributed by atoms with Crippen molar-refractivity contribution < 1.29 is 38.6 Å². The SMILES string of the molecule is CCCCCCCCOc1cc(COc2ccc(C=NCCNCCNCCN=Cc3ccc(OCc4cc(OCCCCCCCC)cc(OCCCCCCCC)c4)cc3O)c(O)c2)cc(OCCCCCCCC)c1. The summed E-state index contributed by atoms with van der Waals surface area (Å²) in [7, 11) is 0. The lowest BCUT2D eigenvalue weighted by Gasteiger charge is -2.14. The summed E-state index contributed by atoms with van der Waals surface area (Å²) < 4.78 is 37.0. The van der Waals surface area contributed by atoms with E-state index in [9.17, 15) is 10.2 Å². The maximum Gasteiger partial charge on any atom is 0.128 e. The van der Waals surface area contributed by atoms with Crippen LogP contribution in [-0.2, 0) is 13.2 Å². The number of ether oxygens (including phenoxy) is 6. The van der Waals surface area contributed by atoms with E-state index in [0.717, 1.165) is 72.9 Å². The molecule has 434 valence electrons. The molecule has 0 heterocycles. The van der Waals surface area contributed by atoms with E-state index in [-0.39, 0.29) is 11.5 Å². The van der Waals surface area contributed by atoms with Crippen LogP contribution < -0.4 is 39.1 Å². The molecule has 0 bridgehead atoms. The van der Waals surface area contributed by atoms with Crippen molar-refractivity contribution in [2.75, 3.05) is 65.7 Å². The molecule has 0 atom stereocenters. The van der Waals surface area contributed by atoms with Gasteiger partial charge in [-0.05, 0) is 85.3 Å². The third-order valence-electron chi connectivity index (χ3n) is 13.5. The highest BCUT2D eigenvalue weighted by atomic mass is 16.5. The smallest absolute Gasteiger partial charge is 0.128 e. The number of hydrogen-bond donors (Lipinski definition) is 4. The Hall–Kier alpha value is -5.46. The number of nitrogens with one attached hydrogen (secondary N) is 2. The Labute approximate surface area is 471 Å². The molecule has 0 unspecified atom stereocenters. The summed E-state index contributed by atoms with van der Waals surface area (Å²) in [5, 5.41) is 28.4. The molecule has 0 fully saturated rings. The van der Waals surface area contributed by atoms with E-state index < -0.39 is 0 Å². The zero-order valence-corrected chi connectivity index (χ0v) is 48.8. The summed E-state index contributed by atoms with van der Waals surface area (Å²) in [5.74, 6) is 4.59. The van der Waals surface area contributed by atoms with Gasteiger partial charge >= 0.3 is 0 Å². The van der Waals surface area contributed by atoms with Crippen molar-refractivity contribution in [2.45, 2.75) is 195 Å². The lowest BCUT2D eigenvalue weighted by atomic mass is 10.1. The molecule has 0 radical (unpaired) electrons. The standard InChI is InChI=1S/C66H102N4O8/c1-5-9-13-17-21-25-39-73-61-43-55(44-62(47-61)74-40-26-22-18-14-10-6-2)53-77-59-31-29-57(65(71)49-59)51-69-37-35-67-33-34-68-36-38-70-52-58-30-32-60(50-66(58)72)78-54-56-45-63(75-41-27-23-19-15-11-7-3)48-64(46-56)76-42-28-24-20-16-12-8-4/h29-32,43-52,67-68,71-72H,5-28,33-42,53-54H2,1-4H3. The fourth-order valence-electron chi connectivity index (χ4n) is 8.87. The Bertz CT molecular complexity index is 1980. The van der Waals surface area contributed by atoms with E-state index >= 15 is 0 Å². The molecular formula is C66H102N4O8. The van der Waals surface area contributed by atoms with Gasteiger partial charge in [0.1, 0.15) is 59.2 Å². The number of phenols is 2. The van der Waals surface area contributed by atoms with E-state index in [1.807, 2.05) is 60.7 Å². The van der Waals surface area contributed by atoms with Gasteiger partial charge in [0, 0.05) is 74.0 Å². The summed E-state index contributed by atoms with van der Waals surface area (Å²) >= 11 is 0. The quantitative estimate of drug-likeness (QED) is 0.0249. The Morgan fingerprint density at radius 2 is 0.654 bits per heavy atom. The van der Waals surface area contributed by atoms with Crippen LogP contribution >= 0.6 is 0 Å². The summed E-state index contributed by atoms with van der Waals surface area (Å²) in [6.07, 6.45) is 32.6. The van der Waals surface area contributed by atoms with Crippen LogP contribution in [0.15, 0.2) is 82.8 Å². The third-order valence-corrected chi connectivity index (χ3v) is 13.5. The first-order valence-electron chi connectivity index (χ1n) is 30.5. The number of aromatic hydroxyl groups is 2. The van der Waals surface area contributed by atoms with Crippen LogP contribution in [0.1, 0.15) is 204 Å². The number of nitrogens with zero attached hydrogens (tertiary/aromatic N) is 2. The van der Waals surface area contributed by atoms with Crippen LogP contribution in [0.25, 0.3) is 0 Å². The van der Waals surface area contributed by atoms with Gasteiger partial charge in [0.25, 0.3) is 0 Å². The van der Waals surface area contributed by atoms with Crippen molar-refractivity contribution >= 4 is 12.4 Å². The van der Waals surface area contributed by atoms with Crippen molar-refractivity contribution in [1.29, 1.82) is 0 Å². The maximum atomic E-state index is 10.8. The first-order valence-corrected chi connectivity index (χ1v) is 30.5. The van der Waals surface area contributed by atoms with Gasteiger partial charge in [-0.25, -0.2) is 0 Å². The molecule has 4 N–H and O–H groups in total. The number of rotatable bonds is 49. The highest BCUT2D eigenvalue weighted by Gasteiger charge is 2.10. The van der Waals surface area contributed by atoms with E-state index in [1.165, 1.54) is 128 Å². The molecule has 0 aliphatic heterocycles. The topological polar surface area (TPSA) is 145 Å². The van der Waals surface area contributed by atoms with Crippen LogP contribution in [0, 0.1) is 0 Å². The highest BCUT2D eigenvalue weighted by molar-refractivity contribution is 5.84. The molecule has 12 heteroatoms. The second-order valence-electron chi connectivity index (χ2n) is 20.7. The molecule has 0 spiro atoms. The summed E-state index contributed by atoms with van der Waals surface area (Å²) in [5.41, 5.74) is 3.18. The molecule has 4 rings (SSSR count). The van der Waals surface area contributed by atoms with E-state index in [2.05, 4.69) is 48.3 Å². The number of hydrogen-bond acceptors (Lipinski definition) is 12. The van der Waals surface area contributed by atoms with Crippen molar-refractivity contribution in [3.63, 3.8) is 0 Å². The number of benzene rings is 4. The van der Waals surface area contributed by atoms with Crippen molar-refractivity contribution in [3.8, 4) is 46.0 Å². The van der Waals surface area contributed by atoms with Crippen LogP contribution in [0.3, 0.4) is 0 Å². The summed E-state index contributed by atoms with van der Waals surface area (Å²) in [6.45, 7) is 16.5. The second kappa shape index (κ2) is 43.4. The van der Waals surface area contributed by atoms with E-state index in [0.29, 0.717) is 88.4 Å². The molecule has 12 nitrogen and oxygen atoms in total. The minimum absolute atomic E-state index is 0.118. The monoisotopic (exact) mass is 1080 g/mol. The van der Waals surface area contributed by atoms with Gasteiger partial charge < -0.3 is 49.3 Å². The second-order valence-corrected chi connectivity index (χ2v) is 20.7. The summed E-state index contributed by atoms with van der Waals surface area (Å²) in [4.78, 5) is 9.04. The van der Waals surface area contributed by atoms with Crippen molar-refractivity contribution in [3.05, 3.63) is 95.1 Å². The highest BCUT2D eigenvalue weighted by Crippen LogP contribution is 2.29. The van der Waals surface area contributed by atoms with Crippen LogP contribution in [-0.4, -0.2) is 88.3 Å². The molecule has 0 saturated heterocycles. The van der Waals surface area contributed by atoms with Crippen LogP contribution in [0.2, 0.25) is 0 Å². The third kappa shape index (κ3) is 30.6. The molecule has 0 aliphatic rings. The molecule has 0 amide bonds. The van der Waals surface area contributed by atoms with Gasteiger partial charge in [0.15, 0.2) is 0 Å². The molecule has 4 aromatic rings.